The summed E-state index contributed by atoms with van der Waals surface area (Å²) in [5.41, 5.74) is 0.508. The third kappa shape index (κ3) is 3.49. The van der Waals surface area contributed by atoms with Crippen LogP contribution in [0.25, 0.3) is 0 Å². The molecular formula is C16H17FN2O4. The molecule has 0 bridgehead atoms. The molecule has 1 aliphatic carbocycles. The van der Waals surface area contributed by atoms with Gasteiger partial charge in [0.15, 0.2) is 6.61 Å². The van der Waals surface area contributed by atoms with Crippen molar-refractivity contribution in [1.29, 1.82) is 0 Å². The molecule has 1 aromatic rings. The number of carbonyl (C=O) groups excluding carboxylic acids is 3. The predicted octanol–water partition coefficient (Wildman–Crippen LogP) is 0.431. The second-order valence-electron chi connectivity index (χ2n) is 5.74. The molecule has 0 aromatic heterocycles. The highest BCUT2D eigenvalue weighted by molar-refractivity contribution is 5.88. The van der Waals surface area contributed by atoms with E-state index in [1.165, 1.54) is 11.0 Å². The quantitative estimate of drug-likeness (QED) is 0.817. The maximum atomic E-state index is 13.7. The number of nitrogens with one attached hydrogen (secondary N) is 1. The molecule has 6 nitrogen and oxygen atoms in total. The van der Waals surface area contributed by atoms with Gasteiger partial charge in [0.1, 0.15) is 5.82 Å². The Hall–Kier alpha value is -2.44. The van der Waals surface area contributed by atoms with Gasteiger partial charge in [0, 0.05) is 19.0 Å². The minimum Gasteiger partial charge on any atom is -0.455 e. The second kappa shape index (κ2) is 6.36. The maximum absolute atomic E-state index is 13.7. The van der Waals surface area contributed by atoms with Gasteiger partial charge in [-0.25, -0.2) is 4.39 Å². The minimum atomic E-state index is -0.493. The molecule has 1 aliphatic heterocycles. The van der Waals surface area contributed by atoms with Crippen LogP contribution >= 0.6 is 0 Å². The average Bonchev–Trinajstić information content (AvgIpc) is 3.33. The van der Waals surface area contributed by atoms with E-state index in [0.717, 1.165) is 0 Å². The van der Waals surface area contributed by atoms with E-state index in [0.29, 0.717) is 25.1 Å². The molecule has 7 heteroatoms. The van der Waals surface area contributed by atoms with E-state index in [-0.39, 0.29) is 30.8 Å². The Kier molecular flexibility index (Phi) is 4.27. The zero-order valence-electron chi connectivity index (χ0n) is 12.5. The van der Waals surface area contributed by atoms with Crippen molar-refractivity contribution in [2.75, 3.05) is 26.2 Å². The molecule has 2 amide bonds. The maximum Gasteiger partial charge on any atom is 0.310 e. The fraction of sp³-hybridized carbons (Fsp3) is 0.438. The number of rotatable bonds is 4. The van der Waals surface area contributed by atoms with Crippen LogP contribution in [0.3, 0.4) is 0 Å². The summed E-state index contributed by atoms with van der Waals surface area (Å²) in [6.07, 6.45) is 0.528. The molecule has 2 aliphatic rings. The van der Waals surface area contributed by atoms with E-state index in [1.54, 1.807) is 18.2 Å². The predicted molar refractivity (Wildman–Crippen MR) is 77.8 cm³/mol. The molecular weight excluding hydrogens is 303 g/mol. The Morgan fingerprint density at radius 3 is 2.87 bits per heavy atom. The molecule has 1 heterocycles. The Bertz CT molecular complexity index is 649. The summed E-state index contributed by atoms with van der Waals surface area (Å²) in [6, 6.07) is 6.35. The van der Waals surface area contributed by atoms with Crippen LogP contribution < -0.4 is 5.32 Å². The van der Waals surface area contributed by atoms with Crippen molar-refractivity contribution in [3.63, 3.8) is 0 Å². The van der Waals surface area contributed by atoms with Gasteiger partial charge in [0.05, 0.1) is 12.5 Å². The Balaban J connectivity index is 1.48. The molecule has 0 radical (unpaired) electrons. The molecule has 0 spiro atoms. The molecule has 2 fully saturated rings. The molecule has 1 saturated heterocycles. The summed E-state index contributed by atoms with van der Waals surface area (Å²) in [7, 11) is 0. The van der Waals surface area contributed by atoms with Crippen molar-refractivity contribution in [3.8, 4) is 0 Å². The Labute approximate surface area is 132 Å². The zero-order valence-corrected chi connectivity index (χ0v) is 12.5. The first kappa shape index (κ1) is 15.5. The summed E-state index contributed by atoms with van der Waals surface area (Å²) in [5, 5.41) is 2.61. The minimum absolute atomic E-state index is 0.0162. The summed E-state index contributed by atoms with van der Waals surface area (Å²) in [4.78, 5) is 36.4. The van der Waals surface area contributed by atoms with Crippen LogP contribution in [0.4, 0.5) is 4.39 Å². The molecule has 1 aromatic carbocycles. The Morgan fingerprint density at radius 2 is 2.13 bits per heavy atom. The number of hydrogen-bond acceptors (Lipinski definition) is 4. The smallest absolute Gasteiger partial charge is 0.310 e. The average molecular weight is 320 g/mol. The van der Waals surface area contributed by atoms with Gasteiger partial charge >= 0.3 is 5.97 Å². The van der Waals surface area contributed by atoms with Crippen LogP contribution in [-0.2, 0) is 19.1 Å². The molecule has 1 saturated carbocycles. The molecule has 3 rings (SSSR count). The number of esters is 1. The van der Waals surface area contributed by atoms with Crippen molar-refractivity contribution >= 4 is 17.8 Å². The standard InChI is InChI=1S/C16H17FN2O4/c17-13-4-2-1-3-10(13)11-7-12(11)16(22)23-9-15(21)19-6-5-18-14(20)8-19/h1-4,11-12H,5-9H2,(H,18,20)/t11-,12+/m0/s1. The number of piperazine rings is 1. The molecule has 2 atom stereocenters. The SMILES string of the molecule is O=C1CN(C(=O)COC(=O)[C@@H]2C[C@H]2c2ccccc2F)CCN1. The second-order valence-corrected chi connectivity index (χ2v) is 5.74. The topological polar surface area (TPSA) is 75.7 Å². The van der Waals surface area contributed by atoms with Crippen LogP contribution in [0.15, 0.2) is 24.3 Å². The van der Waals surface area contributed by atoms with E-state index in [1.807, 2.05) is 0 Å². The van der Waals surface area contributed by atoms with Gasteiger partial charge in [-0.1, -0.05) is 18.2 Å². The number of hydrogen-bond donors (Lipinski definition) is 1. The van der Waals surface area contributed by atoms with Crippen molar-refractivity contribution in [1.82, 2.24) is 10.2 Å². The van der Waals surface area contributed by atoms with Crippen LogP contribution in [0, 0.1) is 11.7 Å². The van der Waals surface area contributed by atoms with Gasteiger partial charge in [0.2, 0.25) is 5.91 Å². The zero-order chi connectivity index (χ0) is 16.4. The lowest BCUT2D eigenvalue weighted by Gasteiger charge is -2.26. The molecule has 1 N–H and O–H groups in total. The molecule has 0 unspecified atom stereocenters. The van der Waals surface area contributed by atoms with Crippen molar-refractivity contribution in [3.05, 3.63) is 35.6 Å². The van der Waals surface area contributed by atoms with Crippen LogP contribution in [-0.4, -0.2) is 48.9 Å². The van der Waals surface area contributed by atoms with Crippen molar-refractivity contribution < 1.29 is 23.5 Å². The normalized spacial score (nSPS) is 23.2. The van der Waals surface area contributed by atoms with Gasteiger partial charge in [-0.2, -0.15) is 0 Å². The highest BCUT2D eigenvalue weighted by atomic mass is 19.1. The van der Waals surface area contributed by atoms with E-state index in [9.17, 15) is 18.8 Å². The van der Waals surface area contributed by atoms with Crippen molar-refractivity contribution in [2.24, 2.45) is 5.92 Å². The highest BCUT2D eigenvalue weighted by Gasteiger charge is 2.46. The first-order valence-electron chi connectivity index (χ1n) is 7.52. The van der Waals surface area contributed by atoms with Gasteiger partial charge in [0.25, 0.3) is 5.91 Å². The monoisotopic (exact) mass is 320 g/mol. The first-order chi connectivity index (χ1) is 11.1. The van der Waals surface area contributed by atoms with Crippen LogP contribution in [0.2, 0.25) is 0 Å². The van der Waals surface area contributed by atoms with Gasteiger partial charge in [-0.15, -0.1) is 0 Å². The molecule has 122 valence electrons. The van der Waals surface area contributed by atoms with E-state index in [2.05, 4.69) is 5.32 Å². The lowest BCUT2D eigenvalue weighted by atomic mass is 10.1. The number of benzene rings is 1. The fourth-order valence-electron chi connectivity index (χ4n) is 2.76. The highest BCUT2D eigenvalue weighted by Crippen LogP contribution is 2.48. The Morgan fingerprint density at radius 1 is 1.35 bits per heavy atom. The molecule has 23 heavy (non-hydrogen) atoms. The van der Waals surface area contributed by atoms with E-state index in [4.69, 9.17) is 4.74 Å². The third-order valence-corrected chi connectivity index (χ3v) is 4.13. The van der Waals surface area contributed by atoms with Crippen LogP contribution in [0.1, 0.15) is 17.9 Å². The number of amides is 2. The van der Waals surface area contributed by atoms with E-state index < -0.39 is 17.8 Å². The summed E-state index contributed by atoms with van der Waals surface area (Å²) >= 11 is 0. The summed E-state index contributed by atoms with van der Waals surface area (Å²) in [6.45, 7) is 0.407. The number of nitrogens with zero attached hydrogens (tertiary/aromatic N) is 1. The van der Waals surface area contributed by atoms with Gasteiger partial charge in [-0.3, -0.25) is 14.4 Å². The lowest BCUT2D eigenvalue weighted by molar-refractivity contribution is -0.154. The number of ether oxygens (including phenoxy) is 1. The summed E-state index contributed by atoms with van der Waals surface area (Å²) < 4.78 is 18.7. The van der Waals surface area contributed by atoms with E-state index >= 15 is 0 Å². The fourth-order valence-corrected chi connectivity index (χ4v) is 2.76. The number of halogens is 1. The first-order valence-corrected chi connectivity index (χ1v) is 7.52. The van der Waals surface area contributed by atoms with Crippen molar-refractivity contribution in [2.45, 2.75) is 12.3 Å². The van der Waals surface area contributed by atoms with Gasteiger partial charge < -0.3 is 15.0 Å². The lowest BCUT2D eigenvalue weighted by Crippen LogP contribution is -2.51. The summed E-state index contributed by atoms with van der Waals surface area (Å²) in [5.74, 6) is -2.02. The number of carbonyl (C=O) groups is 3. The van der Waals surface area contributed by atoms with Gasteiger partial charge in [-0.05, 0) is 18.1 Å². The largest absolute Gasteiger partial charge is 0.455 e. The third-order valence-electron chi connectivity index (χ3n) is 4.13. The van der Waals surface area contributed by atoms with Crippen LogP contribution in [0.5, 0.6) is 0 Å².